The van der Waals surface area contributed by atoms with E-state index in [-0.39, 0.29) is 18.5 Å². The molecule has 2 heterocycles. The molecule has 2 aromatic heterocycles. The van der Waals surface area contributed by atoms with Crippen LogP contribution in [-0.2, 0) is 33.2 Å². The van der Waals surface area contributed by atoms with Gasteiger partial charge in [-0.1, -0.05) is 24.8 Å². The minimum Gasteiger partial charge on any atom is -0.609 e. The maximum atomic E-state index is 13.6. The number of carbonyl (C=O) groups is 1. The van der Waals surface area contributed by atoms with Gasteiger partial charge in [-0.05, 0) is 56.5 Å². The van der Waals surface area contributed by atoms with Crippen molar-refractivity contribution >= 4 is 39.0 Å². The molecule has 0 aliphatic heterocycles. The molecule has 1 atom stereocenters. The molecule has 4 aromatic rings. The first-order valence-corrected chi connectivity index (χ1v) is 12.7. The normalized spacial score (nSPS) is 12.5. The lowest BCUT2D eigenvalue weighted by atomic mass is 9.98. The molecule has 36 heavy (non-hydrogen) atoms. The van der Waals surface area contributed by atoms with Crippen molar-refractivity contribution in [3.8, 4) is 11.5 Å². The summed E-state index contributed by atoms with van der Waals surface area (Å²) in [6, 6.07) is 13.0. The summed E-state index contributed by atoms with van der Waals surface area (Å²) in [5.74, 6) is 0.895. The van der Waals surface area contributed by atoms with Crippen LogP contribution in [-0.4, -0.2) is 38.8 Å². The Morgan fingerprint density at radius 1 is 1.19 bits per heavy atom. The van der Waals surface area contributed by atoms with Crippen LogP contribution in [0.3, 0.4) is 0 Å². The van der Waals surface area contributed by atoms with Crippen molar-refractivity contribution in [2.75, 3.05) is 13.7 Å². The second kappa shape index (κ2) is 10.6. The van der Waals surface area contributed by atoms with Gasteiger partial charge in [0, 0.05) is 22.8 Å². The summed E-state index contributed by atoms with van der Waals surface area (Å²) in [6.07, 6.45) is 3.33. The Morgan fingerprint density at radius 2 is 1.97 bits per heavy atom. The van der Waals surface area contributed by atoms with Crippen LogP contribution in [0.5, 0.6) is 11.5 Å². The molecule has 0 saturated heterocycles. The van der Waals surface area contributed by atoms with Crippen molar-refractivity contribution in [3.05, 3.63) is 67.0 Å². The zero-order valence-electron chi connectivity index (χ0n) is 20.8. The Kier molecular flexibility index (Phi) is 7.51. The van der Waals surface area contributed by atoms with E-state index in [1.165, 1.54) is 0 Å². The SMILES string of the molecule is C=CCOc1cc2c(C[S+]([O-])c3nc4ccccc4n3COC(=O)C(C)(C)C)nccc2cc1OC. The van der Waals surface area contributed by atoms with Crippen LogP contribution in [0, 0.1) is 5.41 Å². The van der Waals surface area contributed by atoms with E-state index in [1.54, 1.807) is 44.7 Å². The smallest absolute Gasteiger partial charge is 0.327 e. The van der Waals surface area contributed by atoms with E-state index < -0.39 is 16.6 Å². The predicted molar refractivity (Wildman–Crippen MR) is 139 cm³/mol. The van der Waals surface area contributed by atoms with E-state index in [2.05, 4.69) is 16.5 Å². The van der Waals surface area contributed by atoms with Gasteiger partial charge in [-0.15, -0.1) is 0 Å². The lowest BCUT2D eigenvalue weighted by Gasteiger charge is -2.18. The molecule has 188 valence electrons. The molecule has 0 N–H and O–H groups in total. The molecule has 0 radical (unpaired) electrons. The van der Waals surface area contributed by atoms with E-state index in [0.29, 0.717) is 34.5 Å². The number of hydrogen-bond donors (Lipinski definition) is 0. The van der Waals surface area contributed by atoms with Gasteiger partial charge in [0.15, 0.2) is 24.0 Å². The number of esters is 1. The summed E-state index contributed by atoms with van der Waals surface area (Å²) >= 11 is -1.58. The quantitative estimate of drug-likeness (QED) is 0.178. The molecule has 0 spiro atoms. The number of pyridine rings is 1. The highest BCUT2D eigenvalue weighted by molar-refractivity contribution is 7.90. The lowest BCUT2D eigenvalue weighted by molar-refractivity contribution is -0.157. The summed E-state index contributed by atoms with van der Waals surface area (Å²) in [5.41, 5.74) is 1.37. The molecule has 0 fully saturated rings. The molecule has 9 heteroatoms. The highest BCUT2D eigenvalue weighted by Gasteiger charge is 2.27. The zero-order chi connectivity index (χ0) is 25.9. The molecular weight excluding hydrogens is 478 g/mol. The van der Waals surface area contributed by atoms with E-state index >= 15 is 0 Å². The summed E-state index contributed by atoms with van der Waals surface area (Å²) in [7, 11) is 1.58. The van der Waals surface area contributed by atoms with Gasteiger partial charge in [0.2, 0.25) is 0 Å². The number of carbonyl (C=O) groups excluding carboxylic acids is 1. The van der Waals surface area contributed by atoms with E-state index in [9.17, 15) is 9.35 Å². The number of imidazole rings is 1. The molecule has 1 unspecified atom stereocenters. The number of nitrogens with zero attached hydrogens (tertiary/aromatic N) is 3. The largest absolute Gasteiger partial charge is 0.609 e. The van der Waals surface area contributed by atoms with Crippen LogP contribution in [0.1, 0.15) is 26.5 Å². The fraction of sp³-hybridized carbons (Fsp3) is 0.296. The molecule has 0 bridgehead atoms. The summed E-state index contributed by atoms with van der Waals surface area (Å²) in [6.45, 7) is 9.28. The molecule has 0 aliphatic rings. The maximum absolute atomic E-state index is 13.6. The minimum absolute atomic E-state index is 0.0859. The van der Waals surface area contributed by atoms with Crippen molar-refractivity contribution in [1.82, 2.24) is 14.5 Å². The maximum Gasteiger partial charge on any atom is 0.327 e. The average molecular weight is 508 g/mol. The van der Waals surface area contributed by atoms with Crippen LogP contribution < -0.4 is 9.47 Å². The highest BCUT2D eigenvalue weighted by Crippen LogP contribution is 2.34. The van der Waals surface area contributed by atoms with Gasteiger partial charge < -0.3 is 18.8 Å². The Balaban J connectivity index is 1.70. The third-order valence-corrected chi connectivity index (χ3v) is 6.77. The van der Waals surface area contributed by atoms with Crippen molar-refractivity contribution in [1.29, 1.82) is 0 Å². The lowest BCUT2D eigenvalue weighted by Crippen LogP contribution is -2.25. The standard InChI is InChI=1S/C27H29N3O5S/c1-6-13-34-24-15-19-18(14-23(24)33-5)11-12-28-21(19)16-36(32)26-29-20-9-7-8-10-22(20)30(26)17-35-25(31)27(2,3)4/h6-12,14-15H,1,13,16-17H2,2-5H3. The first-order chi connectivity index (χ1) is 17.2. The number of hydrogen-bond acceptors (Lipinski definition) is 7. The Labute approximate surface area is 213 Å². The van der Waals surface area contributed by atoms with Crippen LogP contribution in [0.15, 0.2) is 66.5 Å². The number of methoxy groups -OCH3 is 1. The van der Waals surface area contributed by atoms with E-state index in [1.807, 2.05) is 42.5 Å². The molecule has 0 amide bonds. The topological polar surface area (TPSA) is 98.5 Å². The van der Waals surface area contributed by atoms with Crippen molar-refractivity contribution < 1.29 is 23.6 Å². The number of rotatable bonds is 9. The van der Waals surface area contributed by atoms with Gasteiger partial charge in [-0.2, -0.15) is 4.98 Å². The summed E-state index contributed by atoms with van der Waals surface area (Å²) in [5, 5.41) is 1.99. The molecular formula is C27H29N3O5S. The number of ether oxygens (including phenoxy) is 3. The number of benzene rings is 2. The number of para-hydroxylation sites is 2. The fourth-order valence-corrected chi connectivity index (χ4v) is 4.86. The summed E-state index contributed by atoms with van der Waals surface area (Å²) in [4.78, 5) is 21.5. The molecule has 4 rings (SSSR count). The van der Waals surface area contributed by atoms with Gasteiger partial charge in [-0.3, -0.25) is 9.78 Å². The molecule has 0 aliphatic carbocycles. The fourth-order valence-electron chi connectivity index (χ4n) is 3.66. The van der Waals surface area contributed by atoms with Crippen LogP contribution in [0.2, 0.25) is 0 Å². The van der Waals surface area contributed by atoms with Gasteiger partial charge >= 0.3 is 11.1 Å². The monoisotopic (exact) mass is 507 g/mol. The van der Waals surface area contributed by atoms with Crippen molar-refractivity contribution in [2.45, 2.75) is 38.4 Å². The second-order valence-corrected chi connectivity index (χ2v) is 10.5. The third kappa shape index (κ3) is 5.32. The number of fused-ring (bicyclic) bond motifs is 2. The number of aromatic nitrogens is 3. The van der Waals surface area contributed by atoms with Gasteiger partial charge in [-0.25, -0.2) is 4.57 Å². The minimum atomic E-state index is -1.58. The molecule has 0 saturated carbocycles. The van der Waals surface area contributed by atoms with Crippen LogP contribution in [0.4, 0.5) is 0 Å². The van der Waals surface area contributed by atoms with E-state index in [4.69, 9.17) is 14.2 Å². The van der Waals surface area contributed by atoms with Gasteiger partial charge in [0.25, 0.3) is 0 Å². The Morgan fingerprint density at radius 3 is 2.69 bits per heavy atom. The van der Waals surface area contributed by atoms with E-state index in [0.717, 1.165) is 16.3 Å². The molecule has 8 nitrogen and oxygen atoms in total. The van der Waals surface area contributed by atoms with Crippen molar-refractivity contribution in [3.63, 3.8) is 0 Å². The van der Waals surface area contributed by atoms with Crippen LogP contribution >= 0.6 is 0 Å². The summed E-state index contributed by atoms with van der Waals surface area (Å²) < 4.78 is 32.1. The van der Waals surface area contributed by atoms with Crippen molar-refractivity contribution in [2.24, 2.45) is 5.41 Å². The zero-order valence-corrected chi connectivity index (χ0v) is 21.6. The average Bonchev–Trinajstić information content (AvgIpc) is 3.23. The van der Waals surface area contributed by atoms with Crippen LogP contribution in [0.25, 0.3) is 21.8 Å². The highest BCUT2D eigenvalue weighted by atomic mass is 32.2. The van der Waals surface area contributed by atoms with Gasteiger partial charge in [0.1, 0.15) is 6.61 Å². The predicted octanol–water partition coefficient (Wildman–Crippen LogP) is 5.01. The molecule has 2 aromatic carbocycles. The third-order valence-electron chi connectivity index (χ3n) is 5.52. The Bertz CT molecular complexity index is 1410. The first kappa shape index (κ1) is 25.5. The Hall–Kier alpha value is -3.56. The first-order valence-electron chi connectivity index (χ1n) is 11.4. The van der Waals surface area contributed by atoms with Gasteiger partial charge in [0.05, 0.1) is 29.3 Å². The second-order valence-electron chi connectivity index (χ2n) is 9.19.